The number of benzene rings is 1. The standard InChI is InChI=1S/C13H16BrFN2O3/c1-3-7(2)10(12(18)19)16-13(20)17-11-8(14)5-4-6-9(11)15/h4-7,10H,3H2,1-2H3,(H,18,19)(H2,16,17,20). The van der Waals surface area contributed by atoms with Gasteiger partial charge in [0.25, 0.3) is 0 Å². The van der Waals surface area contributed by atoms with Crippen LogP contribution in [0, 0.1) is 11.7 Å². The number of carboxylic acids is 1. The average molecular weight is 347 g/mol. The minimum atomic E-state index is -1.12. The Hall–Kier alpha value is -1.63. The fraction of sp³-hybridized carbons (Fsp3) is 0.385. The second-order valence-corrected chi connectivity index (χ2v) is 5.25. The molecule has 3 N–H and O–H groups in total. The number of hydrogen-bond acceptors (Lipinski definition) is 2. The first-order valence-corrected chi connectivity index (χ1v) is 6.90. The molecule has 110 valence electrons. The van der Waals surface area contributed by atoms with E-state index in [1.807, 2.05) is 6.92 Å². The van der Waals surface area contributed by atoms with Crippen LogP contribution in [-0.2, 0) is 4.79 Å². The maximum absolute atomic E-state index is 13.5. The molecule has 5 nitrogen and oxygen atoms in total. The van der Waals surface area contributed by atoms with E-state index in [4.69, 9.17) is 5.11 Å². The van der Waals surface area contributed by atoms with E-state index in [2.05, 4.69) is 26.6 Å². The number of halogens is 2. The van der Waals surface area contributed by atoms with Crippen molar-refractivity contribution in [2.45, 2.75) is 26.3 Å². The van der Waals surface area contributed by atoms with Crippen molar-refractivity contribution in [1.29, 1.82) is 0 Å². The normalized spacial score (nSPS) is 13.4. The molecule has 0 aliphatic heterocycles. The zero-order valence-corrected chi connectivity index (χ0v) is 12.7. The second-order valence-electron chi connectivity index (χ2n) is 4.40. The lowest BCUT2D eigenvalue weighted by Crippen LogP contribution is -2.46. The van der Waals surface area contributed by atoms with E-state index in [-0.39, 0.29) is 11.6 Å². The molecule has 0 aliphatic carbocycles. The topological polar surface area (TPSA) is 78.4 Å². The van der Waals surface area contributed by atoms with Crippen LogP contribution in [0.5, 0.6) is 0 Å². The van der Waals surface area contributed by atoms with Crippen LogP contribution in [-0.4, -0.2) is 23.1 Å². The maximum Gasteiger partial charge on any atom is 0.326 e. The van der Waals surface area contributed by atoms with Gasteiger partial charge in [-0.2, -0.15) is 0 Å². The molecular weight excluding hydrogens is 331 g/mol. The van der Waals surface area contributed by atoms with Gasteiger partial charge in [0.1, 0.15) is 11.9 Å². The Labute approximate surface area is 124 Å². The molecular formula is C13H16BrFN2O3. The van der Waals surface area contributed by atoms with Crippen LogP contribution in [0.3, 0.4) is 0 Å². The number of carbonyl (C=O) groups is 2. The summed E-state index contributed by atoms with van der Waals surface area (Å²) in [4.78, 5) is 22.9. The Balaban J connectivity index is 2.79. The summed E-state index contributed by atoms with van der Waals surface area (Å²) >= 11 is 3.11. The lowest BCUT2D eigenvalue weighted by Gasteiger charge is -2.20. The molecule has 0 saturated heterocycles. The van der Waals surface area contributed by atoms with Crippen LogP contribution in [0.4, 0.5) is 14.9 Å². The van der Waals surface area contributed by atoms with Crippen LogP contribution in [0.1, 0.15) is 20.3 Å². The largest absolute Gasteiger partial charge is 0.480 e. The van der Waals surface area contributed by atoms with Crippen molar-refractivity contribution >= 4 is 33.6 Å². The number of urea groups is 1. The number of rotatable bonds is 5. The average Bonchev–Trinajstić information content (AvgIpc) is 2.39. The predicted octanol–water partition coefficient (Wildman–Crippen LogP) is 3.21. The fourth-order valence-corrected chi connectivity index (χ4v) is 2.03. The molecule has 0 fully saturated rings. The van der Waals surface area contributed by atoms with Crippen LogP contribution in [0.2, 0.25) is 0 Å². The minimum Gasteiger partial charge on any atom is -0.480 e. The van der Waals surface area contributed by atoms with Gasteiger partial charge in [-0.05, 0) is 34.0 Å². The molecule has 2 unspecified atom stereocenters. The second kappa shape index (κ2) is 7.23. The first-order valence-electron chi connectivity index (χ1n) is 6.11. The van der Waals surface area contributed by atoms with Crippen molar-refractivity contribution in [2.75, 3.05) is 5.32 Å². The zero-order chi connectivity index (χ0) is 15.3. The van der Waals surface area contributed by atoms with Crippen LogP contribution in [0.15, 0.2) is 22.7 Å². The lowest BCUT2D eigenvalue weighted by molar-refractivity contribution is -0.140. The highest BCUT2D eigenvalue weighted by molar-refractivity contribution is 9.10. The van der Waals surface area contributed by atoms with E-state index in [1.165, 1.54) is 12.1 Å². The minimum absolute atomic E-state index is 0.0294. The van der Waals surface area contributed by atoms with Gasteiger partial charge in [-0.3, -0.25) is 0 Å². The Morgan fingerprint density at radius 1 is 1.45 bits per heavy atom. The molecule has 0 spiro atoms. The molecule has 2 atom stereocenters. The summed E-state index contributed by atoms with van der Waals surface area (Å²) in [6, 6.07) is 2.47. The number of carbonyl (C=O) groups excluding carboxylic acids is 1. The summed E-state index contributed by atoms with van der Waals surface area (Å²) in [6.07, 6.45) is 0.598. The maximum atomic E-state index is 13.5. The first kappa shape index (κ1) is 16.4. The van der Waals surface area contributed by atoms with E-state index < -0.39 is 23.9 Å². The van der Waals surface area contributed by atoms with Gasteiger partial charge in [-0.25, -0.2) is 14.0 Å². The molecule has 0 aromatic heterocycles. The molecule has 0 aliphatic rings. The Bertz CT molecular complexity index is 490. The summed E-state index contributed by atoms with van der Waals surface area (Å²) in [5.41, 5.74) is -0.0294. The van der Waals surface area contributed by atoms with Gasteiger partial charge in [-0.15, -0.1) is 0 Å². The van der Waals surface area contributed by atoms with E-state index in [1.54, 1.807) is 13.0 Å². The Morgan fingerprint density at radius 3 is 2.60 bits per heavy atom. The van der Waals surface area contributed by atoms with Crippen molar-refractivity contribution in [2.24, 2.45) is 5.92 Å². The molecule has 1 aromatic carbocycles. The van der Waals surface area contributed by atoms with Crippen molar-refractivity contribution in [3.8, 4) is 0 Å². The summed E-state index contributed by atoms with van der Waals surface area (Å²) in [6.45, 7) is 3.55. The van der Waals surface area contributed by atoms with Crippen molar-refractivity contribution in [3.63, 3.8) is 0 Å². The number of hydrogen-bond donors (Lipinski definition) is 3. The summed E-state index contributed by atoms with van der Waals surface area (Å²) in [7, 11) is 0. The highest BCUT2D eigenvalue weighted by Gasteiger charge is 2.25. The molecule has 1 aromatic rings. The quantitative estimate of drug-likeness (QED) is 0.765. The number of amides is 2. The van der Waals surface area contributed by atoms with E-state index in [0.29, 0.717) is 10.9 Å². The molecule has 0 bridgehead atoms. The summed E-state index contributed by atoms with van der Waals surface area (Å²) in [5, 5.41) is 13.7. The van der Waals surface area contributed by atoms with Crippen molar-refractivity contribution in [1.82, 2.24) is 5.32 Å². The van der Waals surface area contributed by atoms with E-state index >= 15 is 0 Å². The zero-order valence-electron chi connectivity index (χ0n) is 11.1. The molecule has 7 heteroatoms. The number of carboxylic acid groups (broad SMARTS) is 1. The van der Waals surface area contributed by atoms with E-state index in [9.17, 15) is 14.0 Å². The number of para-hydroxylation sites is 1. The third kappa shape index (κ3) is 4.19. The Morgan fingerprint density at radius 2 is 2.10 bits per heavy atom. The van der Waals surface area contributed by atoms with E-state index in [0.717, 1.165) is 0 Å². The highest BCUT2D eigenvalue weighted by atomic mass is 79.9. The van der Waals surface area contributed by atoms with Gasteiger partial charge < -0.3 is 15.7 Å². The molecule has 20 heavy (non-hydrogen) atoms. The van der Waals surface area contributed by atoms with Crippen LogP contribution in [0.25, 0.3) is 0 Å². The monoisotopic (exact) mass is 346 g/mol. The van der Waals surface area contributed by atoms with Crippen LogP contribution < -0.4 is 10.6 Å². The van der Waals surface area contributed by atoms with Gasteiger partial charge >= 0.3 is 12.0 Å². The van der Waals surface area contributed by atoms with Gasteiger partial charge in [0.2, 0.25) is 0 Å². The van der Waals surface area contributed by atoms with Crippen molar-refractivity contribution in [3.05, 3.63) is 28.5 Å². The first-order chi connectivity index (χ1) is 9.36. The third-order valence-corrected chi connectivity index (χ3v) is 3.63. The van der Waals surface area contributed by atoms with Gasteiger partial charge in [0.15, 0.2) is 0 Å². The van der Waals surface area contributed by atoms with Gasteiger partial charge in [-0.1, -0.05) is 26.3 Å². The Kier molecular flexibility index (Phi) is 5.94. The number of anilines is 1. The SMILES string of the molecule is CCC(C)C(NC(=O)Nc1c(F)cccc1Br)C(=O)O. The van der Waals surface area contributed by atoms with Crippen molar-refractivity contribution < 1.29 is 19.1 Å². The number of nitrogens with one attached hydrogen (secondary N) is 2. The predicted molar refractivity (Wildman–Crippen MR) is 77.1 cm³/mol. The molecule has 2 amide bonds. The molecule has 0 heterocycles. The van der Waals surface area contributed by atoms with Gasteiger partial charge in [0.05, 0.1) is 5.69 Å². The molecule has 1 rings (SSSR count). The summed E-state index contributed by atoms with van der Waals surface area (Å²) < 4.78 is 13.9. The molecule has 0 saturated carbocycles. The fourth-order valence-electron chi connectivity index (χ4n) is 1.59. The third-order valence-electron chi connectivity index (χ3n) is 2.97. The smallest absolute Gasteiger partial charge is 0.326 e. The molecule has 0 radical (unpaired) electrons. The lowest BCUT2D eigenvalue weighted by atomic mass is 9.99. The highest BCUT2D eigenvalue weighted by Crippen LogP contribution is 2.25. The van der Waals surface area contributed by atoms with Crippen LogP contribution >= 0.6 is 15.9 Å². The number of aliphatic carboxylic acids is 1. The summed E-state index contributed by atoms with van der Waals surface area (Å²) in [5.74, 6) is -1.96. The van der Waals surface area contributed by atoms with Gasteiger partial charge in [0, 0.05) is 4.47 Å².